The van der Waals surface area contributed by atoms with Gasteiger partial charge in [0.15, 0.2) is 0 Å². The van der Waals surface area contributed by atoms with Crippen LogP contribution in [0.2, 0.25) is 0 Å². The van der Waals surface area contributed by atoms with Crippen molar-refractivity contribution in [2.75, 3.05) is 13.7 Å². The molecule has 0 saturated heterocycles. The van der Waals surface area contributed by atoms with E-state index < -0.39 is 0 Å². The van der Waals surface area contributed by atoms with Crippen LogP contribution in [0.15, 0.2) is 22.7 Å². The first-order valence-corrected chi connectivity index (χ1v) is 7.40. The molecule has 0 spiro atoms. The van der Waals surface area contributed by atoms with Gasteiger partial charge in [0.05, 0.1) is 7.11 Å². The van der Waals surface area contributed by atoms with Crippen LogP contribution in [0.5, 0.6) is 5.75 Å². The first-order valence-electron chi connectivity index (χ1n) is 6.61. The van der Waals surface area contributed by atoms with Crippen LogP contribution in [0.4, 0.5) is 0 Å². The number of hydrogen-bond donors (Lipinski definition) is 1. The number of benzene rings is 1. The standard InChI is InChI=1S/C15H22BrNO/c1-11-5-6-15(8-11,10-17)9-12-7-13(18-2)3-4-14(12)16/h3-4,7,11H,5-6,8-10,17H2,1-2H3. The van der Waals surface area contributed by atoms with Gasteiger partial charge in [-0.15, -0.1) is 0 Å². The van der Waals surface area contributed by atoms with Gasteiger partial charge in [0.2, 0.25) is 0 Å². The van der Waals surface area contributed by atoms with E-state index in [-0.39, 0.29) is 5.41 Å². The van der Waals surface area contributed by atoms with Crippen molar-refractivity contribution in [3.8, 4) is 5.75 Å². The summed E-state index contributed by atoms with van der Waals surface area (Å²) >= 11 is 3.64. The largest absolute Gasteiger partial charge is 0.497 e. The number of halogens is 1. The number of rotatable bonds is 4. The molecule has 2 atom stereocenters. The van der Waals surface area contributed by atoms with E-state index in [0.29, 0.717) is 0 Å². The smallest absolute Gasteiger partial charge is 0.119 e. The van der Waals surface area contributed by atoms with Crippen LogP contribution in [0.3, 0.4) is 0 Å². The molecule has 0 aliphatic heterocycles. The maximum absolute atomic E-state index is 6.05. The third kappa shape index (κ3) is 2.89. The molecule has 0 heterocycles. The Morgan fingerprint density at radius 3 is 2.83 bits per heavy atom. The fourth-order valence-electron chi connectivity index (χ4n) is 3.13. The third-order valence-electron chi connectivity index (χ3n) is 4.20. The van der Waals surface area contributed by atoms with Crippen molar-refractivity contribution in [1.29, 1.82) is 0 Å². The predicted molar refractivity (Wildman–Crippen MR) is 78.9 cm³/mol. The van der Waals surface area contributed by atoms with Gasteiger partial charge in [0.1, 0.15) is 5.75 Å². The summed E-state index contributed by atoms with van der Waals surface area (Å²) in [7, 11) is 1.71. The summed E-state index contributed by atoms with van der Waals surface area (Å²) in [5, 5.41) is 0. The Bertz CT molecular complexity index is 421. The normalized spacial score (nSPS) is 27.4. The minimum Gasteiger partial charge on any atom is -0.497 e. The number of hydrogen-bond acceptors (Lipinski definition) is 2. The van der Waals surface area contributed by atoms with Crippen molar-refractivity contribution in [2.45, 2.75) is 32.6 Å². The van der Waals surface area contributed by atoms with Crippen molar-refractivity contribution < 1.29 is 4.74 Å². The Morgan fingerprint density at radius 1 is 1.50 bits per heavy atom. The molecule has 2 unspecified atom stereocenters. The molecule has 0 radical (unpaired) electrons. The van der Waals surface area contributed by atoms with Crippen molar-refractivity contribution in [2.24, 2.45) is 17.1 Å². The van der Waals surface area contributed by atoms with E-state index in [1.165, 1.54) is 24.8 Å². The lowest BCUT2D eigenvalue weighted by Crippen LogP contribution is -2.30. The first kappa shape index (κ1) is 13.9. The molecule has 2 rings (SSSR count). The predicted octanol–water partition coefficient (Wildman–Crippen LogP) is 3.77. The molecule has 100 valence electrons. The van der Waals surface area contributed by atoms with E-state index in [1.807, 2.05) is 6.07 Å². The highest BCUT2D eigenvalue weighted by Crippen LogP contribution is 2.44. The maximum Gasteiger partial charge on any atom is 0.119 e. The van der Waals surface area contributed by atoms with Crippen LogP contribution >= 0.6 is 15.9 Å². The molecular formula is C15H22BrNO. The van der Waals surface area contributed by atoms with E-state index in [0.717, 1.165) is 29.1 Å². The van der Waals surface area contributed by atoms with Gasteiger partial charge in [-0.3, -0.25) is 0 Å². The van der Waals surface area contributed by atoms with Gasteiger partial charge in [-0.25, -0.2) is 0 Å². The Balaban J connectivity index is 2.22. The van der Waals surface area contributed by atoms with E-state index in [4.69, 9.17) is 10.5 Å². The van der Waals surface area contributed by atoms with Gasteiger partial charge in [-0.2, -0.15) is 0 Å². The summed E-state index contributed by atoms with van der Waals surface area (Å²) in [5.74, 6) is 1.73. The van der Waals surface area contributed by atoms with E-state index in [9.17, 15) is 0 Å². The summed E-state index contributed by atoms with van der Waals surface area (Å²) in [5.41, 5.74) is 7.65. The Labute approximate surface area is 118 Å². The highest BCUT2D eigenvalue weighted by molar-refractivity contribution is 9.10. The lowest BCUT2D eigenvalue weighted by atomic mass is 9.79. The SMILES string of the molecule is COc1ccc(Br)c(CC2(CN)CCC(C)C2)c1. The van der Waals surface area contributed by atoms with Crippen LogP contribution < -0.4 is 10.5 Å². The molecule has 2 N–H and O–H groups in total. The summed E-state index contributed by atoms with van der Waals surface area (Å²) in [6.07, 6.45) is 4.84. The van der Waals surface area contributed by atoms with Crippen molar-refractivity contribution in [1.82, 2.24) is 0 Å². The molecule has 2 nitrogen and oxygen atoms in total. The summed E-state index contributed by atoms with van der Waals surface area (Å²) < 4.78 is 6.47. The van der Waals surface area contributed by atoms with Crippen LogP contribution in [0, 0.1) is 11.3 Å². The molecule has 1 fully saturated rings. The summed E-state index contributed by atoms with van der Waals surface area (Å²) in [4.78, 5) is 0. The zero-order valence-corrected chi connectivity index (χ0v) is 12.8. The summed E-state index contributed by atoms with van der Waals surface area (Å²) in [6, 6.07) is 6.18. The number of methoxy groups -OCH3 is 1. The minimum atomic E-state index is 0.286. The summed E-state index contributed by atoms with van der Waals surface area (Å²) in [6.45, 7) is 3.11. The second-order valence-corrected chi connectivity index (χ2v) is 6.54. The Hall–Kier alpha value is -0.540. The van der Waals surface area contributed by atoms with Gasteiger partial charge in [0, 0.05) is 4.47 Å². The van der Waals surface area contributed by atoms with Gasteiger partial charge < -0.3 is 10.5 Å². The molecule has 1 aromatic rings. The van der Waals surface area contributed by atoms with Crippen molar-refractivity contribution in [3.05, 3.63) is 28.2 Å². The molecule has 1 aromatic carbocycles. The minimum absolute atomic E-state index is 0.286. The van der Waals surface area contributed by atoms with Gasteiger partial charge >= 0.3 is 0 Å². The Kier molecular flexibility index (Phi) is 4.33. The second kappa shape index (κ2) is 5.62. The maximum atomic E-state index is 6.05. The fourth-order valence-corrected chi connectivity index (χ4v) is 3.52. The van der Waals surface area contributed by atoms with Crippen LogP contribution in [0.25, 0.3) is 0 Å². The lowest BCUT2D eigenvalue weighted by molar-refractivity contribution is 0.294. The first-order chi connectivity index (χ1) is 8.58. The molecular weight excluding hydrogens is 290 g/mol. The average molecular weight is 312 g/mol. The fraction of sp³-hybridized carbons (Fsp3) is 0.600. The molecule has 1 aliphatic carbocycles. The van der Waals surface area contributed by atoms with Gasteiger partial charge in [0.25, 0.3) is 0 Å². The van der Waals surface area contributed by atoms with Gasteiger partial charge in [-0.05, 0) is 60.9 Å². The van der Waals surface area contributed by atoms with E-state index >= 15 is 0 Å². The van der Waals surface area contributed by atoms with E-state index in [2.05, 4.69) is 35.0 Å². The van der Waals surface area contributed by atoms with Gasteiger partial charge in [-0.1, -0.05) is 29.3 Å². The zero-order valence-electron chi connectivity index (χ0n) is 11.2. The molecule has 0 aromatic heterocycles. The lowest BCUT2D eigenvalue weighted by Gasteiger charge is -2.28. The van der Waals surface area contributed by atoms with Crippen LogP contribution in [-0.2, 0) is 6.42 Å². The molecule has 3 heteroatoms. The molecule has 1 saturated carbocycles. The zero-order chi connectivity index (χ0) is 13.2. The molecule has 0 bridgehead atoms. The highest BCUT2D eigenvalue weighted by atomic mass is 79.9. The topological polar surface area (TPSA) is 35.2 Å². The molecule has 18 heavy (non-hydrogen) atoms. The molecule has 0 amide bonds. The molecule has 1 aliphatic rings. The quantitative estimate of drug-likeness (QED) is 0.918. The van der Waals surface area contributed by atoms with Crippen LogP contribution in [-0.4, -0.2) is 13.7 Å². The second-order valence-electron chi connectivity index (χ2n) is 5.69. The van der Waals surface area contributed by atoms with E-state index in [1.54, 1.807) is 7.11 Å². The van der Waals surface area contributed by atoms with Crippen molar-refractivity contribution >= 4 is 15.9 Å². The monoisotopic (exact) mass is 311 g/mol. The third-order valence-corrected chi connectivity index (χ3v) is 4.97. The van der Waals surface area contributed by atoms with Crippen LogP contribution in [0.1, 0.15) is 31.7 Å². The van der Waals surface area contributed by atoms with Crippen molar-refractivity contribution in [3.63, 3.8) is 0 Å². The highest BCUT2D eigenvalue weighted by Gasteiger charge is 2.36. The Morgan fingerprint density at radius 2 is 2.28 bits per heavy atom. The number of ether oxygens (including phenoxy) is 1. The average Bonchev–Trinajstić information content (AvgIpc) is 2.74. The number of nitrogens with two attached hydrogens (primary N) is 1.